The van der Waals surface area contributed by atoms with Crippen molar-refractivity contribution in [2.75, 3.05) is 0 Å². The minimum Gasteiger partial charge on any atom is -0.308 e. The second kappa shape index (κ2) is 12.8. The molecule has 0 N–H and O–H groups in total. The lowest BCUT2D eigenvalue weighted by molar-refractivity contribution is 1.08. The molecule has 0 saturated carbocycles. The van der Waals surface area contributed by atoms with Crippen molar-refractivity contribution in [2.45, 2.75) is 0 Å². The van der Waals surface area contributed by atoms with Crippen LogP contribution in [0.1, 0.15) is 0 Å². The molecule has 0 aliphatic rings. The van der Waals surface area contributed by atoms with Gasteiger partial charge in [0.05, 0.1) is 15.7 Å². The summed E-state index contributed by atoms with van der Waals surface area (Å²) in [4.78, 5) is 15.8. The van der Waals surface area contributed by atoms with E-state index in [4.69, 9.17) is 15.0 Å². The summed E-state index contributed by atoms with van der Waals surface area (Å²) in [5.41, 5.74) is 8.75. The molecule has 0 radical (unpaired) electrons. The summed E-state index contributed by atoms with van der Waals surface area (Å²) in [6.07, 6.45) is 0. The fourth-order valence-corrected chi connectivity index (χ4v) is 10.9. The molecular weight excluding hydrogens is 733 g/mol. The summed E-state index contributed by atoms with van der Waals surface area (Å²) >= 11 is 3.63. The minimum atomic E-state index is 0.647. The van der Waals surface area contributed by atoms with Crippen LogP contribution in [0.3, 0.4) is 0 Å². The molecule has 57 heavy (non-hydrogen) atoms. The molecule has 4 heterocycles. The van der Waals surface area contributed by atoms with Crippen molar-refractivity contribution in [3.63, 3.8) is 0 Å². The topological polar surface area (TPSA) is 43.6 Å². The Balaban J connectivity index is 1.11. The summed E-state index contributed by atoms with van der Waals surface area (Å²) < 4.78 is 7.32. The van der Waals surface area contributed by atoms with Crippen molar-refractivity contribution in [1.29, 1.82) is 0 Å². The molecular formula is C51H30N4S2. The lowest BCUT2D eigenvalue weighted by Gasteiger charge is -2.10. The van der Waals surface area contributed by atoms with Gasteiger partial charge in [0.25, 0.3) is 0 Å². The van der Waals surface area contributed by atoms with Crippen LogP contribution in [0.2, 0.25) is 0 Å². The van der Waals surface area contributed by atoms with Gasteiger partial charge in [-0.1, -0.05) is 140 Å². The van der Waals surface area contributed by atoms with Gasteiger partial charge in [0, 0.05) is 68.8 Å². The molecule has 4 nitrogen and oxygen atoms in total. The first-order valence-electron chi connectivity index (χ1n) is 19.0. The van der Waals surface area contributed by atoms with Crippen molar-refractivity contribution >= 4 is 84.8 Å². The van der Waals surface area contributed by atoms with E-state index in [0.717, 1.165) is 38.2 Å². The zero-order chi connectivity index (χ0) is 37.5. The molecule has 8 aromatic carbocycles. The van der Waals surface area contributed by atoms with Gasteiger partial charge in [-0.2, -0.15) is 0 Å². The van der Waals surface area contributed by atoms with E-state index >= 15 is 0 Å². The highest BCUT2D eigenvalue weighted by Crippen LogP contribution is 2.46. The smallest absolute Gasteiger partial charge is 0.165 e. The highest BCUT2D eigenvalue weighted by Gasteiger charge is 2.21. The number of aromatic nitrogens is 4. The first kappa shape index (κ1) is 32.3. The maximum absolute atomic E-state index is 5.31. The Kier molecular flexibility index (Phi) is 7.24. The summed E-state index contributed by atoms with van der Waals surface area (Å²) in [5.74, 6) is 1.96. The third kappa shape index (κ3) is 5.15. The van der Waals surface area contributed by atoms with Crippen molar-refractivity contribution in [2.24, 2.45) is 0 Å². The molecule has 6 heteroatoms. The highest BCUT2D eigenvalue weighted by atomic mass is 32.1. The average molecular weight is 763 g/mol. The first-order chi connectivity index (χ1) is 28.2. The SMILES string of the molecule is c1ccc(-c2cccc(-c3nc(-c4ccc5c(c4)sc4ccccc45)nc(-c4cccc5c4sc4c5ccc5c6ccccc6n(-c6ccccc6)c54)n3)c2)cc1. The number of nitrogens with zero attached hydrogens (tertiary/aromatic N) is 4. The fourth-order valence-electron chi connectivity index (χ4n) is 8.41. The fraction of sp³-hybridized carbons (Fsp3) is 0. The van der Waals surface area contributed by atoms with Gasteiger partial charge >= 0.3 is 0 Å². The van der Waals surface area contributed by atoms with Crippen LogP contribution in [0.4, 0.5) is 0 Å². The van der Waals surface area contributed by atoms with Crippen molar-refractivity contribution in [1.82, 2.24) is 19.5 Å². The molecule has 12 aromatic rings. The van der Waals surface area contributed by atoms with Crippen LogP contribution in [0, 0.1) is 0 Å². The minimum absolute atomic E-state index is 0.647. The second-order valence-corrected chi connectivity index (χ2v) is 16.5. The van der Waals surface area contributed by atoms with Gasteiger partial charge in [-0.25, -0.2) is 15.0 Å². The Bertz CT molecular complexity index is 3530. The monoisotopic (exact) mass is 762 g/mol. The Morgan fingerprint density at radius 3 is 1.81 bits per heavy atom. The van der Waals surface area contributed by atoms with Gasteiger partial charge < -0.3 is 4.57 Å². The van der Waals surface area contributed by atoms with E-state index in [2.05, 4.69) is 180 Å². The molecule has 12 rings (SSSR count). The van der Waals surface area contributed by atoms with E-state index < -0.39 is 0 Å². The molecule has 0 spiro atoms. The van der Waals surface area contributed by atoms with E-state index in [-0.39, 0.29) is 0 Å². The summed E-state index contributed by atoms with van der Waals surface area (Å²) in [6, 6.07) is 64.8. The predicted octanol–water partition coefficient (Wildman–Crippen LogP) is 14.4. The van der Waals surface area contributed by atoms with Crippen LogP contribution < -0.4 is 0 Å². The maximum atomic E-state index is 5.31. The van der Waals surface area contributed by atoms with E-state index in [0.29, 0.717) is 17.5 Å². The van der Waals surface area contributed by atoms with Gasteiger partial charge in [-0.15, -0.1) is 22.7 Å². The second-order valence-electron chi connectivity index (χ2n) is 14.4. The number of fused-ring (bicyclic) bond motifs is 10. The normalized spacial score (nSPS) is 11.9. The summed E-state index contributed by atoms with van der Waals surface area (Å²) in [5, 5.41) is 7.44. The third-order valence-electron chi connectivity index (χ3n) is 11.1. The molecule has 0 aliphatic carbocycles. The molecule has 0 fully saturated rings. The van der Waals surface area contributed by atoms with E-state index in [1.54, 1.807) is 11.3 Å². The largest absolute Gasteiger partial charge is 0.308 e. The molecule has 0 saturated heterocycles. The van der Waals surface area contributed by atoms with Gasteiger partial charge in [-0.05, 0) is 53.6 Å². The standard InChI is InChI=1S/C51H30N4S2/c1-3-13-31(14-4-1)32-15-11-16-33(29-32)49-52-50(34-25-26-38-37-20-8-10-24-44(37)56-45(38)30-34)54-51(53-49)42-22-12-21-40-41-28-27-39-36-19-7-9-23-43(36)55(35-17-5-2-6-18-35)46(39)48(41)57-47(40)42/h1-30H. The lowest BCUT2D eigenvalue weighted by atomic mass is 10.0. The number of rotatable bonds is 5. The number of thiophene rings is 2. The van der Waals surface area contributed by atoms with Crippen LogP contribution in [-0.4, -0.2) is 19.5 Å². The van der Waals surface area contributed by atoms with Crippen LogP contribution >= 0.6 is 22.7 Å². The van der Waals surface area contributed by atoms with Crippen LogP contribution in [0.5, 0.6) is 0 Å². The van der Waals surface area contributed by atoms with E-state index in [9.17, 15) is 0 Å². The van der Waals surface area contributed by atoms with Crippen molar-refractivity contribution < 1.29 is 0 Å². The quantitative estimate of drug-likeness (QED) is 0.175. The van der Waals surface area contributed by atoms with Crippen LogP contribution in [0.15, 0.2) is 182 Å². The molecule has 0 unspecified atom stereocenters. The molecule has 0 aliphatic heterocycles. The van der Waals surface area contributed by atoms with E-state index in [1.165, 1.54) is 57.5 Å². The Morgan fingerprint density at radius 1 is 0.351 bits per heavy atom. The first-order valence-corrected chi connectivity index (χ1v) is 20.7. The van der Waals surface area contributed by atoms with Gasteiger partial charge in [0.1, 0.15) is 0 Å². The van der Waals surface area contributed by atoms with Gasteiger partial charge in [0.15, 0.2) is 17.5 Å². The van der Waals surface area contributed by atoms with Gasteiger partial charge in [-0.3, -0.25) is 0 Å². The number of hydrogen-bond acceptors (Lipinski definition) is 5. The van der Waals surface area contributed by atoms with Crippen LogP contribution in [0.25, 0.3) is 113 Å². The molecule has 0 bridgehead atoms. The number of hydrogen-bond donors (Lipinski definition) is 0. The summed E-state index contributed by atoms with van der Waals surface area (Å²) in [7, 11) is 0. The summed E-state index contributed by atoms with van der Waals surface area (Å²) in [6.45, 7) is 0. The molecule has 266 valence electrons. The molecule has 4 aromatic heterocycles. The maximum Gasteiger partial charge on any atom is 0.165 e. The Labute approximate surface area is 335 Å². The van der Waals surface area contributed by atoms with Crippen molar-refractivity contribution in [3.8, 4) is 51.0 Å². The lowest BCUT2D eigenvalue weighted by Crippen LogP contribution is -2.00. The molecule has 0 atom stereocenters. The van der Waals surface area contributed by atoms with Crippen molar-refractivity contribution in [3.05, 3.63) is 182 Å². The number of benzene rings is 8. The zero-order valence-electron chi connectivity index (χ0n) is 30.4. The number of para-hydroxylation sites is 2. The van der Waals surface area contributed by atoms with E-state index in [1.807, 2.05) is 17.4 Å². The molecule has 0 amide bonds. The Hall–Kier alpha value is -6.99. The highest BCUT2D eigenvalue weighted by molar-refractivity contribution is 7.27. The van der Waals surface area contributed by atoms with Gasteiger partial charge in [0.2, 0.25) is 0 Å². The Morgan fingerprint density at radius 2 is 0.947 bits per heavy atom. The third-order valence-corrected chi connectivity index (χ3v) is 13.5. The van der Waals surface area contributed by atoms with Crippen LogP contribution in [-0.2, 0) is 0 Å². The average Bonchev–Trinajstić information content (AvgIpc) is 3.96. The zero-order valence-corrected chi connectivity index (χ0v) is 32.1. The predicted molar refractivity (Wildman–Crippen MR) is 242 cm³/mol.